The number of rotatable bonds is 4. The van der Waals surface area contributed by atoms with Gasteiger partial charge >= 0.3 is 0 Å². The van der Waals surface area contributed by atoms with Crippen molar-refractivity contribution in [1.29, 1.82) is 0 Å². The number of fused-ring (bicyclic) bond motifs is 1. The standard InChI is InChI=1S/C20H20N4/c1-2-9-16-14-21-19-20(22-16)24(18-12-7-4-8-13-18)15-23(19)17-10-5-3-6-11-17/h3-8,10-14H,2,9,15H2,1H3. The zero-order valence-corrected chi connectivity index (χ0v) is 13.8. The summed E-state index contributed by atoms with van der Waals surface area (Å²) >= 11 is 0. The van der Waals surface area contributed by atoms with Crippen LogP contribution in [0, 0.1) is 0 Å². The molecule has 4 rings (SSSR count). The van der Waals surface area contributed by atoms with E-state index in [1.807, 2.05) is 18.3 Å². The van der Waals surface area contributed by atoms with Gasteiger partial charge in [-0.3, -0.25) is 0 Å². The molecule has 1 aliphatic rings. The Bertz CT molecular complexity index is 818. The Morgan fingerprint density at radius 1 is 0.833 bits per heavy atom. The van der Waals surface area contributed by atoms with E-state index >= 15 is 0 Å². The summed E-state index contributed by atoms with van der Waals surface area (Å²) in [6, 6.07) is 20.8. The van der Waals surface area contributed by atoms with Crippen LogP contribution in [-0.4, -0.2) is 16.6 Å². The monoisotopic (exact) mass is 316 g/mol. The summed E-state index contributed by atoms with van der Waals surface area (Å²) in [5.41, 5.74) is 3.32. The van der Waals surface area contributed by atoms with Crippen molar-refractivity contribution in [2.75, 3.05) is 16.5 Å². The van der Waals surface area contributed by atoms with Gasteiger partial charge in [0.1, 0.15) is 6.67 Å². The van der Waals surface area contributed by atoms with Gasteiger partial charge in [-0.1, -0.05) is 49.7 Å². The molecule has 1 aromatic heterocycles. The Labute approximate surface area is 142 Å². The zero-order valence-electron chi connectivity index (χ0n) is 13.8. The number of aryl methyl sites for hydroxylation is 1. The predicted molar refractivity (Wildman–Crippen MR) is 98.1 cm³/mol. The van der Waals surface area contributed by atoms with Crippen molar-refractivity contribution >= 4 is 23.0 Å². The van der Waals surface area contributed by atoms with Gasteiger partial charge in [0.25, 0.3) is 0 Å². The molecule has 4 heteroatoms. The molecule has 0 saturated carbocycles. The van der Waals surface area contributed by atoms with Gasteiger partial charge < -0.3 is 9.80 Å². The van der Waals surface area contributed by atoms with Crippen LogP contribution in [0.2, 0.25) is 0 Å². The molecule has 2 heterocycles. The van der Waals surface area contributed by atoms with Gasteiger partial charge in [0.05, 0.1) is 11.9 Å². The van der Waals surface area contributed by atoms with Gasteiger partial charge in [-0.15, -0.1) is 0 Å². The third kappa shape index (κ3) is 2.60. The van der Waals surface area contributed by atoms with Crippen LogP contribution in [0.15, 0.2) is 66.9 Å². The normalized spacial score (nSPS) is 13.2. The van der Waals surface area contributed by atoms with Crippen LogP contribution in [0.4, 0.5) is 23.0 Å². The average Bonchev–Trinajstić information content (AvgIpc) is 3.02. The molecule has 2 aromatic carbocycles. The smallest absolute Gasteiger partial charge is 0.178 e. The molecule has 0 amide bonds. The molecule has 0 saturated heterocycles. The Morgan fingerprint density at radius 2 is 1.42 bits per heavy atom. The quantitative estimate of drug-likeness (QED) is 0.700. The maximum Gasteiger partial charge on any atom is 0.178 e. The van der Waals surface area contributed by atoms with Crippen molar-refractivity contribution in [1.82, 2.24) is 9.97 Å². The number of benzene rings is 2. The molecule has 24 heavy (non-hydrogen) atoms. The lowest BCUT2D eigenvalue weighted by molar-refractivity contribution is 0.871. The molecule has 0 atom stereocenters. The topological polar surface area (TPSA) is 32.3 Å². The van der Waals surface area contributed by atoms with E-state index < -0.39 is 0 Å². The Hall–Kier alpha value is -2.88. The molecule has 0 aliphatic carbocycles. The highest BCUT2D eigenvalue weighted by Crippen LogP contribution is 2.41. The first-order valence-corrected chi connectivity index (χ1v) is 8.38. The molecule has 0 fully saturated rings. The van der Waals surface area contributed by atoms with E-state index in [0.717, 1.165) is 48.2 Å². The van der Waals surface area contributed by atoms with Crippen LogP contribution in [0.5, 0.6) is 0 Å². The molecular weight excluding hydrogens is 296 g/mol. The van der Waals surface area contributed by atoms with Crippen molar-refractivity contribution < 1.29 is 0 Å². The van der Waals surface area contributed by atoms with Gasteiger partial charge in [0.15, 0.2) is 11.6 Å². The molecule has 0 radical (unpaired) electrons. The van der Waals surface area contributed by atoms with Crippen LogP contribution in [-0.2, 0) is 6.42 Å². The average molecular weight is 316 g/mol. The summed E-state index contributed by atoms with van der Waals surface area (Å²) in [6.45, 7) is 2.89. The first kappa shape index (κ1) is 14.7. The summed E-state index contributed by atoms with van der Waals surface area (Å²) in [6.07, 6.45) is 3.93. The van der Waals surface area contributed by atoms with Gasteiger partial charge in [-0.2, -0.15) is 0 Å². The lowest BCUT2D eigenvalue weighted by atomic mass is 10.2. The van der Waals surface area contributed by atoms with E-state index in [1.54, 1.807) is 0 Å². The molecule has 0 spiro atoms. The van der Waals surface area contributed by atoms with Gasteiger partial charge in [-0.05, 0) is 30.7 Å². The second-order valence-electron chi connectivity index (χ2n) is 5.93. The van der Waals surface area contributed by atoms with E-state index in [2.05, 4.69) is 65.3 Å². The highest BCUT2D eigenvalue weighted by atomic mass is 15.4. The lowest BCUT2D eigenvalue weighted by Gasteiger charge is -2.20. The summed E-state index contributed by atoms with van der Waals surface area (Å²) in [5.74, 6) is 1.86. The van der Waals surface area contributed by atoms with Crippen molar-refractivity contribution in [2.45, 2.75) is 19.8 Å². The lowest BCUT2D eigenvalue weighted by Crippen LogP contribution is -2.24. The van der Waals surface area contributed by atoms with E-state index in [4.69, 9.17) is 9.97 Å². The fourth-order valence-corrected chi connectivity index (χ4v) is 3.06. The molecule has 1 aliphatic heterocycles. The summed E-state index contributed by atoms with van der Waals surface area (Å²) in [5, 5.41) is 0. The molecule has 0 N–H and O–H groups in total. The Morgan fingerprint density at radius 3 is 2.00 bits per heavy atom. The van der Waals surface area contributed by atoms with E-state index in [1.165, 1.54) is 0 Å². The molecule has 0 bridgehead atoms. The van der Waals surface area contributed by atoms with Crippen LogP contribution in [0.25, 0.3) is 0 Å². The highest BCUT2D eigenvalue weighted by molar-refractivity contribution is 5.81. The summed E-state index contributed by atoms with van der Waals surface area (Å²) in [4.78, 5) is 14.1. The molecule has 4 nitrogen and oxygen atoms in total. The van der Waals surface area contributed by atoms with Crippen molar-refractivity contribution in [2.24, 2.45) is 0 Å². The minimum absolute atomic E-state index is 0.721. The van der Waals surface area contributed by atoms with Crippen molar-refractivity contribution in [3.63, 3.8) is 0 Å². The number of para-hydroxylation sites is 2. The number of anilines is 4. The first-order valence-electron chi connectivity index (χ1n) is 8.38. The van der Waals surface area contributed by atoms with Crippen LogP contribution >= 0.6 is 0 Å². The number of nitrogens with zero attached hydrogens (tertiary/aromatic N) is 4. The molecular formula is C20H20N4. The first-order chi connectivity index (χ1) is 11.9. The van der Waals surface area contributed by atoms with E-state index in [9.17, 15) is 0 Å². The fraction of sp³-hybridized carbons (Fsp3) is 0.200. The minimum atomic E-state index is 0.721. The predicted octanol–water partition coefficient (Wildman–Crippen LogP) is 4.68. The largest absolute Gasteiger partial charge is 0.305 e. The van der Waals surface area contributed by atoms with Gasteiger partial charge in [0.2, 0.25) is 0 Å². The maximum absolute atomic E-state index is 4.90. The molecule has 120 valence electrons. The number of hydrogen-bond acceptors (Lipinski definition) is 4. The second-order valence-corrected chi connectivity index (χ2v) is 5.93. The fourth-order valence-electron chi connectivity index (χ4n) is 3.06. The highest BCUT2D eigenvalue weighted by Gasteiger charge is 2.31. The third-order valence-electron chi connectivity index (χ3n) is 4.22. The summed E-state index contributed by atoms with van der Waals surface area (Å²) < 4.78 is 0. The van der Waals surface area contributed by atoms with Crippen LogP contribution < -0.4 is 9.80 Å². The third-order valence-corrected chi connectivity index (χ3v) is 4.22. The van der Waals surface area contributed by atoms with E-state index in [-0.39, 0.29) is 0 Å². The van der Waals surface area contributed by atoms with Crippen LogP contribution in [0.1, 0.15) is 19.0 Å². The van der Waals surface area contributed by atoms with Crippen molar-refractivity contribution in [3.05, 3.63) is 72.6 Å². The SMILES string of the molecule is CCCc1cnc2c(n1)N(c1ccccc1)CN2c1ccccc1. The Kier molecular flexibility index (Phi) is 3.87. The molecule has 0 unspecified atom stereocenters. The second kappa shape index (κ2) is 6.32. The maximum atomic E-state index is 4.90. The van der Waals surface area contributed by atoms with E-state index in [0.29, 0.717) is 0 Å². The Balaban J connectivity index is 1.80. The van der Waals surface area contributed by atoms with Crippen LogP contribution in [0.3, 0.4) is 0 Å². The van der Waals surface area contributed by atoms with Gasteiger partial charge in [0, 0.05) is 11.4 Å². The van der Waals surface area contributed by atoms with Crippen molar-refractivity contribution in [3.8, 4) is 0 Å². The van der Waals surface area contributed by atoms with Gasteiger partial charge in [-0.25, -0.2) is 9.97 Å². The minimum Gasteiger partial charge on any atom is -0.305 e. The molecule has 3 aromatic rings. The number of hydrogen-bond donors (Lipinski definition) is 0. The summed E-state index contributed by atoms with van der Waals surface area (Å²) in [7, 11) is 0. The number of aromatic nitrogens is 2. The zero-order chi connectivity index (χ0) is 16.4.